The number of ether oxygens (including phenoxy) is 1. The Hall–Kier alpha value is -2.18. The van der Waals surface area contributed by atoms with Gasteiger partial charge in [-0.15, -0.1) is 0 Å². The summed E-state index contributed by atoms with van der Waals surface area (Å²) >= 11 is 0. The largest absolute Gasteiger partial charge is 0.487 e. The molecule has 3 N–H and O–H groups in total. The summed E-state index contributed by atoms with van der Waals surface area (Å²) in [6.45, 7) is 2.22. The van der Waals surface area contributed by atoms with Gasteiger partial charge in [-0.05, 0) is 24.0 Å². The van der Waals surface area contributed by atoms with E-state index < -0.39 is 0 Å². The summed E-state index contributed by atoms with van der Waals surface area (Å²) in [5.41, 5.74) is 9.48. The van der Waals surface area contributed by atoms with Crippen molar-refractivity contribution in [2.24, 2.45) is 11.7 Å². The average Bonchev–Trinajstić information content (AvgIpc) is 2.85. The van der Waals surface area contributed by atoms with Crippen LogP contribution in [0.4, 0.5) is 5.82 Å². The lowest BCUT2D eigenvalue weighted by Crippen LogP contribution is -2.30. The van der Waals surface area contributed by atoms with Crippen molar-refractivity contribution in [1.82, 2.24) is 9.97 Å². The standard InChI is InChI=1S/C18H22N4O2/c19-15-9-22(8-13(15)5-6-23)18-14-7-12-3-1-2-4-17(12)24-10-16(14)20-11-21-18/h1-4,11,13,15,23H,5-10,19H2/t13-,15-/m1/s1. The van der Waals surface area contributed by atoms with Crippen LogP contribution in [0.25, 0.3) is 0 Å². The van der Waals surface area contributed by atoms with Crippen LogP contribution in [0.15, 0.2) is 30.6 Å². The number of hydrogen-bond donors (Lipinski definition) is 2. The smallest absolute Gasteiger partial charge is 0.135 e. The molecule has 0 saturated carbocycles. The maximum atomic E-state index is 9.22. The molecule has 6 nitrogen and oxygen atoms in total. The van der Waals surface area contributed by atoms with Crippen LogP contribution >= 0.6 is 0 Å². The Balaban J connectivity index is 1.68. The monoisotopic (exact) mass is 326 g/mol. The molecule has 24 heavy (non-hydrogen) atoms. The van der Waals surface area contributed by atoms with Crippen LogP contribution in [-0.2, 0) is 13.0 Å². The van der Waals surface area contributed by atoms with Gasteiger partial charge in [0.05, 0.1) is 5.69 Å². The van der Waals surface area contributed by atoms with Gasteiger partial charge >= 0.3 is 0 Å². The highest BCUT2D eigenvalue weighted by atomic mass is 16.5. The molecule has 0 bridgehead atoms. The fraction of sp³-hybridized carbons (Fsp3) is 0.444. The minimum Gasteiger partial charge on any atom is -0.487 e. The van der Waals surface area contributed by atoms with E-state index in [4.69, 9.17) is 10.5 Å². The number of aliphatic hydroxyl groups is 1. The van der Waals surface area contributed by atoms with Crippen molar-refractivity contribution in [3.63, 3.8) is 0 Å². The van der Waals surface area contributed by atoms with E-state index in [0.29, 0.717) is 12.5 Å². The zero-order valence-electron chi connectivity index (χ0n) is 13.6. The predicted octanol–water partition coefficient (Wildman–Crippen LogP) is 1.11. The number of nitrogens with zero attached hydrogens (tertiary/aromatic N) is 3. The lowest BCUT2D eigenvalue weighted by atomic mass is 10.0. The Morgan fingerprint density at radius 2 is 2.12 bits per heavy atom. The Bertz CT molecular complexity index is 737. The molecule has 4 rings (SSSR count). The number of rotatable bonds is 3. The first-order valence-electron chi connectivity index (χ1n) is 8.41. The van der Waals surface area contributed by atoms with E-state index in [9.17, 15) is 5.11 Å². The van der Waals surface area contributed by atoms with Crippen molar-refractivity contribution >= 4 is 5.82 Å². The number of anilines is 1. The first-order valence-corrected chi connectivity index (χ1v) is 8.41. The van der Waals surface area contributed by atoms with Gasteiger partial charge in [-0.25, -0.2) is 9.97 Å². The third kappa shape index (κ3) is 2.72. The molecule has 0 radical (unpaired) electrons. The summed E-state index contributed by atoms with van der Waals surface area (Å²) in [5, 5.41) is 9.22. The molecule has 2 aromatic rings. The molecule has 1 aromatic carbocycles. The number of hydrogen-bond acceptors (Lipinski definition) is 6. The summed E-state index contributed by atoms with van der Waals surface area (Å²) in [4.78, 5) is 11.2. The molecule has 1 fully saturated rings. The third-order valence-corrected chi connectivity index (χ3v) is 5.01. The summed E-state index contributed by atoms with van der Waals surface area (Å²) in [6, 6.07) is 8.17. The molecule has 0 aliphatic carbocycles. The summed E-state index contributed by atoms with van der Waals surface area (Å²) in [6.07, 6.45) is 3.10. The predicted molar refractivity (Wildman–Crippen MR) is 91.0 cm³/mol. The van der Waals surface area contributed by atoms with Crippen LogP contribution in [0.2, 0.25) is 0 Å². The lowest BCUT2D eigenvalue weighted by molar-refractivity contribution is 0.257. The average molecular weight is 326 g/mol. The van der Waals surface area contributed by atoms with Crippen LogP contribution in [0.3, 0.4) is 0 Å². The maximum absolute atomic E-state index is 9.22. The van der Waals surface area contributed by atoms with Crippen LogP contribution in [0.1, 0.15) is 23.2 Å². The number of aliphatic hydroxyl groups excluding tert-OH is 1. The second-order valence-corrected chi connectivity index (χ2v) is 6.54. The van der Waals surface area contributed by atoms with Crippen molar-refractivity contribution in [2.75, 3.05) is 24.6 Å². The van der Waals surface area contributed by atoms with Gasteiger partial charge < -0.3 is 20.5 Å². The van der Waals surface area contributed by atoms with Crippen molar-refractivity contribution in [2.45, 2.75) is 25.5 Å². The van der Waals surface area contributed by atoms with Gasteiger partial charge in [0.25, 0.3) is 0 Å². The van der Waals surface area contributed by atoms with E-state index in [1.54, 1.807) is 6.33 Å². The molecule has 1 saturated heterocycles. The minimum atomic E-state index is 0.0667. The van der Waals surface area contributed by atoms with Gasteiger partial charge in [-0.3, -0.25) is 0 Å². The molecular formula is C18H22N4O2. The van der Waals surface area contributed by atoms with Crippen molar-refractivity contribution in [1.29, 1.82) is 0 Å². The fourth-order valence-corrected chi connectivity index (χ4v) is 3.68. The number of nitrogens with two attached hydrogens (primary N) is 1. The van der Waals surface area contributed by atoms with E-state index in [1.807, 2.05) is 18.2 Å². The van der Waals surface area contributed by atoms with Crippen LogP contribution in [0.5, 0.6) is 5.75 Å². The van der Waals surface area contributed by atoms with E-state index in [-0.39, 0.29) is 12.6 Å². The molecule has 3 heterocycles. The molecule has 2 atom stereocenters. The van der Waals surface area contributed by atoms with Gasteiger partial charge in [0, 0.05) is 37.7 Å². The second-order valence-electron chi connectivity index (χ2n) is 6.54. The van der Waals surface area contributed by atoms with Crippen molar-refractivity contribution in [3.05, 3.63) is 47.4 Å². The minimum absolute atomic E-state index is 0.0667. The highest BCUT2D eigenvalue weighted by molar-refractivity contribution is 5.54. The molecule has 126 valence electrons. The summed E-state index contributed by atoms with van der Waals surface area (Å²) in [7, 11) is 0. The number of aromatic nitrogens is 2. The Morgan fingerprint density at radius 1 is 1.25 bits per heavy atom. The SMILES string of the molecule is N[C@@H]1CN(c2ncnc3c2Cc2ccccc2OC3)C[C@H]1CCO. The fourth-order valence-electron chi connectivity index (χ4n) is 3.68. The molecule has 0 unspecified atom stereocenters. The third-order valence-electron chi connectivity index (χ3n) is 5.01. The first kappa shape index (κ1) is 15.4. The van der Waals surface area contributed by atoms with Crippen molar-refractivity contribution in [3.8, 4) is 5.75 Å². The highest BCUT2D eigenvalue weighted by Crippen LogP contribution is 2.33. The van der Waals surface area contributed by atoms with Crippen LogP contribution in [-0.4, -0.2) is 40.8 Å². The summed E-state index contributed by atoms with van der Waals surface area (Å²) in [5.74, 6) is 2.17. The normalized spacial score (nSPS) is 22.5. The molecule has 6 heteroatoms. The topological polar surface area (TPSA) is 84.5 Å². The van der Waals surface area contributed by atoms with Crippen LogP contribution in [0, 0.1) is 5.92 Å². The van der Waals surface area contributed by atoms with E-state index in [0.717, 1.165) is 54.3 Å². The first-order chi connectivity index (χ1) is 11.8. The zero-order valence-corrected chi connectivity index (χ0v) is 13.6. The quantitative estimate of drug-likeness (QED) is 0.879. The lowest BCUT2D eigenvalue weighted by Gasteiger charge is -2.21. The Morgan fingerprint density at radius 3 is 3.00 bits per heavy atom. The van der Waals surface area contributed by atoms with Gasteiger partial charge in [0.2, 0.25) is 0 Å². The van der Waals surface area contributed by atoms with E-state index in [2.05, 4.69) is 20.9 Å². The molecule has 2 aliphatic heterocycles. The zero-order chi connectivity index (χ0) is 16.5. The molecular weight excluding hydrogens is 304 g/mol. The Kier molecular flexibility index (Phi) is 4.08. The molecule has 2 aliphatic rings. The second kappa shape index (κ2) is 6.37. The Labute approximate surface area is 141 Å². The molecule has 0 amide bonds. The number of fused-ring (bicyclic) bond motifs is 2. The summed E-state index contributed by atoms with van der Waals surface area (Å²) < 4.78 is 5.91. The van der Waals surface area contributed by atoms with Gasteiger partial charge in [0.15, 0.2) is 0 Å². The van der Waals surface area contributed by atoms with E-state index >= 15 is 0 Å². The molecule has 1 aromatic heterocycles. The van der Waals surface area contributed by atoms with Gasteiger partial charge in [-0.2, -0.15) is 0 Å². The van der Waals surface area contributed by atoms with Gasteiger partial charge in [0.1, 0.15) is 24.5 Å². The number of para-hydroxylation sites is 1. The van der Waals surface area contributed by atoms with Crippen LogP contribution < -0.4 is 15.4 Å². The maximum Gasteiger partial charge on any atom is 0.135 e. The molecule has 0 spiro atoms. The van der Waals surface area contributed by atoms with Gasteiger partial charge in [-0.1, -0.05) is 18.2 Å². The van der Waals surface area contributed by atoms with Crippen molar-refractivity contribution < 1.29 is 9.84 Å². The highest BCUT2D eigenvalue weighted by Gasteiger charge is 2.32. The number of benzene rings is 1. The van der Waals surface area contributed by atoms with E-state index in [1.165, 1.54) is 0 Å².